The van der Waals surface area contributed by atoms with Gasteiger partial charge in [-0.25, -0.2) is 0 Å². The van der Waals surface area contributed by atoms with Crippen molar-refractivity contribution in [2.24, 2.45) is 0 Å². The molecule has 5 rings (SSSR count). The molecular formula is C28H35F3N4O3. The Kier molecular flexibility index (Phi) is 7.28. The number of halogens is 3. The van der Waals surface area contributed by atoms with E-state index in [2.05, 4.69) is 5.10 Å². The molecule has 7 nitrogen and oxygen atoms in total. The first-order valence-electron chi connectivity index (χ1n) is 13.5. The Balaban J connectivity index is 1.25. The van der Waals surface area contributed by atoms with E-state index < -0.39 is 11.7 Å². The van der Waals surface area contributed by atoms with E-state index >= 15 is 0 Å². The van der Waals surface area contributed by atoms with Crippen LogP contribution >= 0.6 is 0 Å². The van der Waals surface area contributed by atoms with Crippen molar-refractivity contribution in [3.05, 3.63) is 51.8 Å². The van der Waals surface area contributed by atoms with Crippen LogP contribution in [0.1, 0.15) is 77.5 Å². The highest BCUT2D eigenvalue weighted by molar-refractivity contribution is 5.94. The molecule has 2 aliphatic heterocycles. The number of piperidine rings is 1. The largest absolute Gasteiger partial charge is 0.416 e. The van der Waals surface area contributed by atoms with Gasteiger partial charge < -0.3 is 14.5 Å². The molecule has 1 aliphatic carbocycles. The van der Waals surface area contributed by atoms with Crippen LogP contribution < -0.4 is 0 Å². The number of ether oxygens (including phenoxy) is 1. The van der Waals surface area contributed by atoms with Gasteiger partial charge in [0.05, 0.1) is 17.8 Å². The van der Waals surface area contributed by atoms with Gasteiger partial charge in [0.1, 0.15) is 6.54 Å². The number of nitrogens with zero attached hydrogens (tertiary/aromatic N) is 4. The molecule has 1 aromatic carbocycles. The standard InChI is InChI=1S/C28H35F3N4O3/c1-17-14-34(15-18(2)38-17)27(37)26-22-7-5-9-24(22)35(32-26)16-25(36)33-12-10-20(11-13-33)21-6-4-8-23(19(21)3)28(29,30)31/h4,6,8,17-18,20H,5,7,9-16H2,1-3H3/t17-,18+. The molecule has 206 valence electrons. The summed E-state index contributed by atoms with van der Waals surface area (Å²) in [5, 5.41) is 4.63. The van der Waals surface area contributed by atoms with E-state index in [0.717, 1.165) is 36.6 Å². The number of benzene rings is 1. The average Bonchev–Trinajstić information content (AvgIpc) is 3.46. The van der Waals surface area contributed by atoms with Crippen molar-refractivity contribution >= 4 is 11.8 Å². The van der Waals surface area contributed by atoms with Gasteiger partial charge in [0.2, 0.25) is 5.91 Å². The number of rotatable bonds is 4. The smallest absolute Gasteiger partial charge is 0.372 e. The Labute approximate surface area is 220 Å². The van der Waals surface area contributed by atoms with Crippen molar-refractivity contribution in [1.29, 1.82) is 0 Å². The highest BCUT2D eigenvalue weighted by Gasteiger charge is 2.36. The number of aromatic nitrogens is 2. The Morgan fingerprint density at radius 2 is 1.74 bits per heavy atom. The van der Waals surface area contributed by atoms with Gasteiger partial charge in [-0.3, -0.25) is 14.3 Å². The quantitative estimate of drug-likeness (QED) is 0.587. The lowest BCUT2D eigenvalue weighted by Gasteiger charge is -2.35. The number of morpholine rings is 1. The second-order valence-corrected chi connectivity index (χ2v) is 10.9. The lowest BCUT2D eigenvalue weighted by atomic mass is 9.85. The van der Waals surface area contributed by atoms with E-state index in [1.54, 1.807) is 20.5 Å². The van der Waals surface area contributed by atoms with Gasteiger partial charge in [-0.05, 0) is 76.0 Å². The Morgan fingerprint density at radius 3 is 2.39 bits per heavy atom. The fourth-order valence-electron chi connectivity index (χ4n) is 6.38. The third kappa shape index (κ3) is 5.19. The Hall–Kier alpha value is -2.88. The van der Waals surface area contributed by atoms with Crippen molar-refractivity contribution in [1.82, 2.24) is 19.6 Å². The molecule has 3 aliphatic rings. The van der Waals surface area contributed by atoms with Crippen LogP contribution in [-0.2, 0) is 35.1 Å². The lowest BCUT2D eigenvalue weighted by Crippen LogP contribution is -2.48. The third-order valence-corrected chi connectivity index (χ3v) is 8.17. The SMILES string of the molecule is Cc1c(C2CCN(C(=O)Cn3nc(C(=O)N4C[C@@H](C)O[C@@H](C)C4)c4c3CCC4)CC2)cccc1C(F)(F)F. The first-order valence-corrected chi connectivity index (χ1v) is 13.5. The molecule has 10 heteroatoms. The summed E-state index contributed by atoms with van der Waals surface area (Å²) in [6, 6.07) is 4.37. The zero-order chi connectivity index (χ0) is 27.2. The summed E-state index contributed by atoms with van der Waals surface area (Å²) in [5.74, 6) is -0.194. The molecule has 0 radical (unpaired) electrons. The monoisotopic (exact) mass is 532 g/mol. The van der Waals surface area contributed by atoms with Crippen LogP contribution in [0.4, 0.5) is 13.2 Å². The van der Waals surface area contributed by atoms with Gasteiger partial charge in [-0.2, -0.15) is 18.3 Å². The maximum Gasteiger partial charge on any atom is 0.416 e. The molecule has 2 aromatic rings. The second-order valence-electron chi connectivity index (χ2n) is 10.9. The first kappa shape index (κ1) is 26.7. The summed E-state index contributed by atoms with van der Waals surface area (Å²) in [7, 11) is 0. The summed E-state index contributed by atoms with van der Waals surface area (Å²) < 4.78 is 47.6. The summed E-state index contributed by atoms with van der Waals surface area (Å²) in [6.07, 6.45) is -0.732. The average molecular weight is 533 g/mol. The van der Waals surface area contributed by atoms with E-state index in [0.29, 0.717) is 50.3 Å². The second kappa shape index (κ2) is 10.4. The molecule has 2 fully saturated rings. The first-order chi connectivity index (χ1) is 18.0. The lowest BCUT2D eigenvalue weighted by molar-refractivity contribution is -0.138. The van der Waals surface area contributed by atoms with Crippen molar-refractivity contribution in [3.63, 3.8) is 0 Å². The molecule has 0 saturated carbocycles. The number of carbonyl (C=O) groups is 2. The van der Waals surface area contributed by atoms with Crippen LogP contribution in [0.2, 0.25) is 0 Å². The van der Waals surface area contributed by atoms with Crippen LogP contribution in [0, 0.1) is 6.92 Å². The minimum Gasteiger partial charge on any atom is -0.372 e. The van der Waals surface area contributed by atoms with Crippen LogP contribution in [0.15, 0.2) is 18.2 Å². The normalized spacial score (nSPS) is 22.6. The van der Waals surface area contributed by atoms with Crippen molar-refractivity contribution in [2.45, 2.75) is 83.7 Å². The minimum absolute atomic E-state index is 0.0159. The van der Waals surface area contributed by atoms with E-state index in [1.807, 2.05) is 13.8 Å². The predicted molar refractivity (Wildman–Crippen MR) is 135 cm³/mol. The topological polar surface area (TPSA) is 67.7 Å². The Morgan fingerprint density at radius 1 is 1.05 bits per heavy atom. The number of likely N-dealkylation sites (tertiary alicyclic amines) is 1. The Bertz CT molecular complexity index is 1210. The van der Waals surface area contributed by atoms with Crippen molar-refractivity contribution in [2.75, 3.05) is 26.2 Å². The van der Waals surface area contributed by atoms with Gasteiger partial charge in [0.25, 0.3) is 5.91 Å². The van der Waals surface area contributed by atoms with Gasteiger partial charge in [-0.1, -0.05) is 12.1 Å². The molecule has 38 heavy (non-hydrogen) atoms. The minimum atomic E-state index is -4.38. The number of hydrogen-bond acceptors (Lipinski definition) is 4. The van der Waals surface area contributed by atoms with Crippen LogP contribution in [0.3, 0.4) is 0 Å². The third-order valence-electron chi connectivity index (χ3n) is 8.17. The van der Waals surface area contributed by atoms with Crippen LogP contribution in [0.5, 0.6) is 0 Å². The van der Waals surface area contributed by atoms with Crippen LogP contribution in [0.25, 0.3) is 0 Å². The van der Waals surface area contributed by atoms with Gasteiger partial charge >= 0.3 is 6.18 Å². The molecule has 2 atom stereocenters. The highest BCUT2D eigenvalue weighted by atomic mass is 19.4. The van der Waals surface area contributed by atoms with E-state index in [1.165, 1.54) is 13.0 Å². The molecule has 0 unspecified atom stereocenters. The molecule has 0 N–H and O–H groups in total. The molecule has 2 saturated heterocycles. The molecule has 0 bridgehead atoms. The maximum absolute atomic E-state index is 13.4. The summed E-state index contributed by atoms with van der Waals surface area (Å²) in [4.78, 5) is 30.2. The molecular weight excluding hydrogens is 497 g/mol. The molecule has 1 aromatic heterocycles. The zero-order valence-electron chi connectivity index (χ0n) is 22.2. The summed E-state index contributed by atoms with van der Waals surface area (Å²) >= 11 is 0. The van der Waals surface area contributed by atoms with Crippen molar-refractivity contribution in [3.8, 4) is 0 Å². The molecule has 0 spiro atoms. The van der Waals surface area contributed by atoms with Crippen molar-refractivity contribution < 1.29 is 27.5 Å². The number of fused-ring (bicyclic) bond motifs is 1. The van der Waals surface area contributed by atoms with E-state index in [-0.39, 0.29) is 42.0 Å². The zero-order valence-corrected chi connectivity index (χ0v) is 22.2. The van der Waals surface area contributed by atoms with Gasteiger partial charge in [-0.15, -0.1) is 0 Å². The van der Waals surface area contributed by atoms with E-state index in [4.69, 9.17) is 4.74 Å². The van der Waals surface area contributed by atoms with Crippen LogP contribution in [-0.4, -0.2) is 69.8 Å². The van der Waals surface area contributed by atoms with Gasteiger partial charge in [0.15, 0.2) is 5.69 Å². The highest BCUT2D eigenvalue weighted by Crippen LogP contribution is 2.38. The number of amides is 2. The fourth-order valence-corrected chi connectivity index (χ4v) is 6.38. The fraction of sp³-hybridized carbons (Fsp3) is 0.607. The summed E-state index contributed by atoms with van der Waals surface area (Å²) in [6.45, 7) is 7.51. The molecule has 3 heterocycles. The summed E-state index contributed by atoms with van der Waals surface area (Å²) in [5.41, 5.74) is 2.77. The number of alkyl halides is 3. The number of carbonyl (C=O) groups excluding carboxylic acids is 2. The molecule has 2 amide bonds. The van der Waals surface area contributed by atoms with Gasteiger partial charge in [0, 0.05) is 37.4 Å². The predicted octanol–water partition coefficient (Wildman–Crippen LogP) is 4.35. The maximum atomic E-state index is 13.4. The van der Waals surface area contributed by atoms with E-state index in [9.17, 15) is 22.8 Å². The number of hydrogen-bond donors (Lipinski definition) is 0.